The number of pyridine rings is 1. The van der Waals surface area contributed by atoms with E-state index in [-0.39, 0.29) is 17.9 Å². The van der Waals surface area contributed by atoms with Gasteiger partial charge in [0, 0.05) is 39.8 Å². The molecule has 0 fully saturated rings. The van der Waals surface area contributed by atoms with Crippen molar-refractivity contribution in [2.45, 2.75) is 13.0 Å². The molecule has 0 spiro atoms. The smallest absolute Gasteiger partial charge is 0.293 e. The Balaban J connectivity index is 1.41. The zero-order valence-electron chi connectivity index (χ0n) is 15.5. The Hall–Kier alpha value is -2.87. The van der Waals surface area contributed by atoms with Crippen LogP contribution in [0.4, 0.5) is 5.13 Å². The van der Waals surface area contributed by atoms with E-state index in [0.717, 1.165) is 10.4 Å². The second-order valence-corrected chi connectivity index (χ2v) is 8.39. The van der Waals surface area contributed by atoms with Crippen LogP contribution in [0.2, 0.25) is 10.0 Å². The predicted molar refractivity (Wildman–Crippen MR) is 118 cm³/mol. The van der Waals surface area contributed by atoms with Crippen LogP contribution in [0.5, 0.6) is 0 Å². The lowest BCUT2D eigenvalue weighted by Gasteiger charge is -2.03. The summed E-state index contributed by atoms with van der Waals surface area (Å²) in [5.41, 5.74) is 0.743. The first kappa shape index (κ1) is 20.4. The number of nitrogens with one attached hydrogen (secondary N) is 1. The third-order valence-electron chi connectivity index (χ3n) is 4.26. The topological polar surface area (TPSA) is 77.1 Å². The summed E-state index contributed by atoms with van der Waals surface area (Å²) in [4.78, 5) is 29.4. The van der Waals surface area contributed by atoms with Crippen LogP contribution in [0.1, 0.15) is 26.8 Å². The van der Waals surface area contributed by atoms with Crippen LogP contribution < -0.4 is 10.9 Å². The zero-order valence-corrected chi connectivity index (χ0v) is 17.8. The lowest BCUT2D eigenvalue weighted by atomic mass is 10.1. The maximum atomic E-state index is 12.5. The molecule has 0 aliphatic heterocycles. The monoisotopic (exact) mass is 459 g/mol. The van der Waals surface area contributed by atoms with Crippen LogP contribution in [-0.4, -0.2) is 15.5 Å². The Labute approximate surface area is 185 Å². The number of halogens is 2. The molecule has 0 bridgehead atoms. The van der Waals surface area contributed by atoms with Gasteiger partial charge < -0.3 is 8.98 Å². The quantitative estimate of drug-likeness (QED) is 0.435. The first-order valence-corrected chi connectivity index (χ1v) is 10.5. The molecule has 1 amide bonds. The number of nitrogens with zero attached hydrogens (tertiary/aromatic N) is 2. The molecular weight excluding hydrogens is 445 g/mol. The third-order valence-corrected chi connectivity index (χ3v) is 5.77. The molecule has 0 atom stereocenters. The standard InChI is InChI=1S/C21H15Cl2N3O3S/c22-14-4-6-17(23)13(9-14)10-16-11-24-21(30-16)25-20(28)18-7-5-15(29-18)12-26-8-2-1-3-19(26)27/h1-9,11H,10,12H2,(H,24,25,28). The lowest BCUT2D eigenvalue weighted by molar-refractivity contribution is 0.0994. The highest BCUT2D eigenvalue weighted by atomic mass is 35.5. The molecule has 152 valence electrons. The van der Waals surface area contributed by atoms with Crippen LogP contribution in [0.25, 0.3) is 0 Å². The number of carbonyl (C=O) groups excluding carboxylic acids is 1. The second kappa shape index (κ2) is 8.87. The minimum Gasteiger partial charge on any atom is -0.454 e. The fourth-order valence-electron chi connectivity index (χ4n) is 2.82. The van der Waals surface area contributed by atoms with Gasteiger partial charge in [-0.1, -0.05) is 29.3 Å². The maximum Gasteiger partial charge on any atom is 0.293 e. The van der Waals surface area contributed by atoms with E-state index in [9.17, 15) is 9.59 Å². The van der Waals surface area contributed by atoms with Crippen LogP contribution in [0, 0.1) is 0 Å². The Morgan fingerprint density at radius 1 is 1.17 bits per heavy atom. The minimum absolute atomic E-state index is 0.142. The highest BCUT2D eigenvalue weighted by molar-refractivity contribution is 7.15. The van der Waals surface area contributed by atoms with Crippen molar-refractivity contribution in [2.24, 2.45) is 0 Å². The number of anilines is 1. The molecule has 4 rings (SSSR count). The number of hydrogen-bond donors (Lipinski definition) is 1. The molecule has 9 heteroatoms. The van der Waals surface area contributed by atoms with Crippen molar-refractivity contribution < 1.29 is 9.21 Å². The summed E-state index contributed by atoms with van der Waals surface area (Å²) >= 11 is 13.6. The van der Waals surface area contributed by atoms with E-state index in [4.69, 9.17) is 27.6 Å². The minimum atomic E-state index is -0.414. The molecule has 0 radical (unpaired) electrons. The van der Waals surface area contributed by atoms with Gasteiger partial charge in [0.2, 0.25) is 0 Å². The summed E-state index contributed by atoms with van der Waals surface area (Å²) in [6.07, 6.45) is 3.91. The van der Waals surface area contributed by atoms with Gasteiger partial charge in [0.05, 0.1) is 6.54 Å². The Kier molecular flexibility index (Phi) is 6.03. The van der Waals surface area contributed by atoms with Crippen LogP contribution in [0.3, 0.4) is 0 Å². The highest BCUT2D eigenvalue weighted by Gasteiger charge is 2.14. The number of aromatic nitrogens is 2. The van der Waals surface area contributed by atoms with Gasteiger partial charge in [0.15, 0.2) is 10.9 Å². The molecule has 3 heterocycles. The van der Waals surface area contributed by atoms with E-state index in [1.807, 2.05) is 6.07 Å². The van der Waals surface area contributed by atoms with Crippen molar-refractivity contribution in [3.8, 4) is 0 Å². The number of benzene rings is 1. The molecule has 6 nitrogen and oxygen atoms in total. The van der Waals surface area contributed by atoms with E-state index in [2.05, 4.69) is 10.3 Å². The van der Waals surface area contributed by atoms with Gasteiger partial charge in [-0.2, -0.15) is 0 Å². The number of hydrogen-bond acceptors (Lipinski definition) is 5. The Bertz CT molecular complexity index is 1260. The number of amides is 1. The number of thiazole rings is 1. The van der Waals surface area contributed by atoms with E-state index >= 15 is 0 Å². The molecule has 4 aromatic rings. The lowest BCUT2D eigenvalue weighted by Crippen LogP contribution is -2.18. The number of furan rings is 1. The normalized spacial score (nSPS) is 10.9. The van der Waals surface area contributed by atoms with Gasteiger partial charge >= 0.3 is 0 Å². The number of carbonyl (C=O) groups is 1. The summed E-state index contributed by atoms with van der Waals surface area (Å²) in [5, 5.41) is 4.41. The largest absolute Gasteiger partial charge is 0.454 e. The van der Waals surface area contributed by atoms with Gasteiger partial charge in [-0.05, 0) is 42.0 Å². The van der Waals surface area contributed by atoms with Gasteiger partial charge in [-0.3, -0.25) is 14.9 Å². The van der Waals surface area contributed by atoms with Crippen molar-refractivity contribution in [2.75, 3.05) is 5.32 Å². The fraction of sp³-hybridized carbons (Fsp3) is 0.0952. The number of rotatable bonds is 6. The third kappa shape index (κ3) is 4.81. The average Bonchev–Trinajstić information content (AvgIpc) is 3.36. The van der Waals surface area contributed by atoms with Gasteiger partial charge in [-0.15, -0.1) is 11.3 Å². The Morgan fingerprint density at radius 3 is 2.87 bits per heavy atom. The fourth-order valence-corrected chi connectivity index (χ4v) is 4.03. The molecule has 0 aliphatic carbocycles. The van der Waals surface area contributed by atoms with Gasteiger partial charge in [0.25, 0.3) is 11.5 Å². The maximum absolute atomic E-state index is 12.5. The molecular formula is C21H15Cl2N3O3S. The van der Waals surface area contributed by atoms with Crippen molar-refractivity contribution in [3.63, 3.8) is 0 Å². The Morgan fingerprint density at radius 2 is 2.03 bits per heavy atom. The molecule has 30 heavy (non-hydrogen) atoms. The van der Waals surface area contributed by atoms with E-state index in [0.29, 0.717) is 27.4 Å². The van der Waals surface area contributed by atoms with Crippen LogP contribution in [-0.2, 0) is 13.0 Å². The first-order valence-electron chi connectivity index (χ1n) is 8.92. The highest BCUT2D eigenvalue weighted by Crippen LogP contribution is 2.27. The van der Waals surface area contributed by atoms with E-state index in [1.165, 1.54) is 22.0 Å². The van der Waals surface area contributed by atoms with Crippen LogP contribution >= 0.6 is 34.5 Å². The predicted octanol–water partition coefficient (Wildman–Crippen LogP) is 5.10. The van der Waals surface area contributed by atoms with Crippen molar-refractivity contribution >= 4 is 45.6 Å². The molecule has 0 saturated heterocycles. The molecule has 1 aromatic carbocycles. The molecule has 0 aliphatic rings. The molecule has 0 unspecified atom stereocenters. The van der Waals surface area contributed by atoms with Crippen LogP contribution in [0.15, 0.2) is 70.1 Å². The van der Waals surface area contributed by atoms with Gasteiger partial charge in [0.1, 0.15) is 5.76 Å². The zero-order chi connectivity index (χ0) is 21.1. The second-order valence-electron chi connectivity index (χ2n) is 6.43. The average molecular weight is 460 g/mol. The molecule has 1 N–H and O–H groups in total. The SMILES string of the molecule is O=C(Nc1ncc(Cc2cc(Cl)ccc2Cl)s1)c1ccc(Cn2ccccc2=O)o1. The summed E-state index contributed by atoms with van der Waals surface area (Å²) in [7, 11) is 0. The van der Waals surface area contributed by atoms with E-state index < -0.39 is 5.91 Å². The summed E-state index contributed by atoms with van der Waals surface area (Å²) in [6, 6.07) is 13.4. The summed E-state index contributed by atoms with van der Waals surface area (Å²) in [6.45, 7) is 0.245. The molecule has 0 saturated carbocycles. The summed E-state index contributed by atoms with van der Waals surface area (Å²) in [5.74, 6) is 0.232. The van der Waals surface area contributed by atoms with Crippen molar-refractivity contribution in [1.29, 1.82) is 0 Å². The van der Waals surface area contributed by atoms with Gasteiger partial charge in [-0.25, -0.2) is 4.98 Å². The first-order chi connectivity index (χ1) is 14.5. The van der Waals surface area contributed by atoms with E-state index in [1.54, 1.807) is 48.8 Å². The summed E-state index contributed by atoms with van der Waals surface area (Å²) < 4.78 is 7.08. The molecule has 3 aromatic heterocycles. The van der Waals surface area contributed by atoms with Crippen molar-refractivity contribution in [3.05, 3.63) is 103 Å². The van der Waals surface area contributed by atoms with Crippen molar-refractivity contribution in [1.82, 2.24) is 9.55 Å².